The summed E-state index contributed by atoms with van der Waals surface area (Å²) in [5.74, 6) is 0.156. The second kappa shape index (κ2) is 10.7. The Morgan fingerprint density at radius 1 is 1.16 bits per heavy atom. The highest BCUT2D eigenvalue weighted by molar-refractivity contribution is 5.96. The largest absolute Gasteiger partial charge is 0.396 e. The molecule has 4 N–H and O–H groups in total. The van der Waals surface area contributed by atoms with E-state index in [9.17, 15) is 15.0 Å². The van der Waals surface area contributed by atoms with Gasteiger partial charge in [-0.05, 0) is 61.4 Å². The molecule has 4 aromatic rings. The van der Waals surface area contributed by atoms with Gasteiger partial charge >= 0.3 is 0 Å². The van der Waals surface area contributed by atoms with Crippen LogP contribution in [-0.2, 0) is 6.61 Å². The van der Waals surface area contributed by atoms with Gasteiger partial charge in [0.15, 0.2) is 5.65 Å². The maximum atomic E-state index is 12.6. The number of benzene rings is 2. The van der Waals surface area contributed by atoms with Crippen molar-refractivity contribution in [3.8, 4) is 22.5 Å². The zero-order valence-electron chi connectivity index (χ0n) is 21.2. The molecule has 1 fully saturated rings. The summed E-state index contributed by atoms with van der Waals surface area (Å²) < 4.78 is 1.82. The maximum absolute atomic E-state index is 12.6. The molecule has 0 aliphatic heterocycles. The molecular weight excluding hydrogens is 466 g/mol. The molecule has 192 valence electrons. The van der Waals surface area contributed by atoms with Crippen LogP contribution in [-0.4, -0.2) is 49.9 Å². The SMILES string of the molecule is Cc1cc(-c2cnc3c(NCCC(C)CO)cc(-c4ccccc4CO)nn23)ccc1C(=O)NC1CC1. The Hall–Kier alpha value is -3.75. The first-order valence-electron chi connectivity index (χ1n) is 12.8. The zero-order chi connectivity index (χ0) is 25.9. The molecule has 8 nitrogen and oxygen atoms in total. The number of aryl methyl sites for hydroxylation is 1. The van der Waals surface area contributed by atoms with Gasteiger partial charge in [-0.3, -0.25) is 4.79 Å². The van der Waals surface area contributed by atoms with Crippen molar-refractivity contribution in [2.24, 2.45) is 5.92 Å². The minimum atomic E-state index is -0.0902. The smallest absolute Gasteiger partial charge is 0.251 e. The van der Waals surface area contributed by atoms with Crippen molar-refractivity contribution in [1.82, 2.24) is 19.9 Å². The number of carbonyl (C=O) groups is 1. The van der Waals surface area contributed by atoms with Crippen molar-refractivity contribution >= 4 is 17.2 Å². The van der Waals surface area contributed by atoms with Crippen molar-refractivity contribution < 1.29 is 15.0 Å². The van der Waals surface area contributed by atoms with Gasteiger partial charge in [0.25, 0.3) is 5.91 Å². The van der Waals surface area contributed by atoms with Crippen LogP contribution in [0.1, 0.15) is 47.7 Å². The fourth-order valence-electron chi connectivity index (χ4n) is 4.45. The van der Waals surface area contributed by atoms with E-state index in [0.717, 1.165) is 52.9 Å². The van der Waals surface area contributed by atoms with Crippen molar-refractivity contribution in [2.45, 2.75) is 45.8 Å². The average molecular weight is 500 g/mol. The molecule has 2 aromatic heterocycles. The van der Waals surface area contributed by atoms with Crippen LogP contribution < -0.4 is 10.6 Å². The first-order valence-corrected chi connectivity index (χ1v) is 12.8. The van der Waals surface area contributed by atoms with Crippen LogP contribution in [0.4, 0.5) is 5.69 Å². The van der Waals surface area contributed by atoms with E-state index in [0.29, 0.717) is 29.5 Å². The fraction of sp³-hybridized carbons (Fsp3) is 0.345. The van der Waals surface area contributed by atoms with Gasteiger partial charge in [0, 0.05) is 35.9 Å². The lowest BCUT2D eigenvalue weighted by Crippen LogP contribution is -2.26. The molecule has 2 aromatic carbocycles. The third kappa shape index (κ3) is 5.35. The molecule has 5 rings (SSSR count). The van der Waals surface area contributed by atoms with Crippen LogP contribution in [0, 0.1) is 12.8 Å². The van der Waals surface area contributed by atoms with Crippen molar-refractivity contribution in [3.63, 3.8) is 0 Å². The van der Waals surface area contributed by atoms with E-state index in [1.165, 1.54) is 0 Å². The molecule has 1 atom stereocenters. The second-order valence-corrected chi connectivity index (χ2v) is 9.92. The van der Waals surface area contributed by atoms with E-state index < -0.39 is 0 Å². The van der Waals surface area contributed by atoms with Crippen LogP contribution in [0.2, 0.25) is 0 Å². The zero-order valence-corrected chi connectivity index (χ0v) is 21.2. The van der Waals surface area contributed by atoms with Gasteiger partial charge in [-0.2, -0.15) is 5.10 Å². The summed E-state index contributed by atoms with van der Waals surface area (Å²) in [7, 11) is 0. The van der Waals surface area contributed by atoms with Crippen molar-refractivity contribution in [1.29, 1.82) is 0 Å². The molecule has 0 spiro atoms. The summed E-state index contributed by atoms with van der Waals surface area (Å²) in [5, 5.41) is 30.8. The normalized spacial score (nSPS) is 14.1. The fourth-order valence-corrected chi connectivity index (χ4v) is 4.45. The van der Waals surface area contributed by atoms with E-state index in [4.69, 9.17) is 5.10 Å². The summed E-state index contributed by atoms with van der Waals surface area (Å²) in [5.41, 5.74) is 7.15. The number of carbonyl (C=O) groups excluding carboxylic acids is 1. The quantitative estimate of drug-likeness (QED) is 0.260. The van der Waals surface area contributed by atoms with Gasteiger partial charge in [0.05, 0.1) is 29.9 Å². The molecular formula is C29H33N5O3. The molecule has 0 bridgehead atoms. The Balaban J connectivity index is 1.56. The summed E-state index contributed by atoms with van der Waals surface area (Å²) in [6, 6.07) is 15.7. The number of imidazole rings is 1. The molecule has 1 unspecified atom stereocenters. The van der Waals surface area contributed by atoms with Crippen LogP contribution in [0.15, 0.2) is 54.7 Å². The van der Waals surface area contributed by atoms with Gasteiger partial charge in [-0.25, -0.2) is 9.50 Å². The standard InChI is InChI=1S/C29H33N5O3/c1-18(16-35)11-12-30-26-14-25(24-6-4-3-5-21(24)17-36)33-34-27(15-31-28(26)34)20-7-10-23(19(2)13-20)29(37)32-22-8-9-22/h3-7,10,13-15,18,22,30,35-36H,8-9,11-12,16-17H2,1-2H3,(H,32,37). The molecule has 0 saturated heterocycles. The maximum Gasteiger partial charge on any atom is 0.251 e. The summed E-state index contributed by atoms with van der Waals surface area (Å²) in [6.07, 6.45) is 4.70. The molecule has 8 heteroatoms. The van der Waals surface area contributed by atoms with Gasteiger partial charge in [-0.1, -0.05) is 37.3 Å². The number of aromatic nitrogens is 3. The van der Waals surface area contributed by atoms with Crippen LogP contribution in [0.5, 0.6) is 0 Å². The number of hydrogen-bond donors (Lipinski definition) is 4. The number of nitrogens with one attached hydrogen (secondary N) is 2. The number of rotatable bonds is 10. The number of fused-ring (bicyclic) bond motifs is 1. The molecule has 1 aliphatic carbocycles. The highest BCUT2D eigenvalue weighted by Crippen LogP contribution is 2.31. The van der Waals surface area contributed by atoms with Gasteiger partial charge in [-0.15, -0.1) is 0 Å². The summed E-state index contributed by atoms with van der Waals surface area (Å²) in [4.78, 5) is 17.3. The second-order valence-electron chi connectivity index (χ2n) is 9.92. The first kappa shape index (κ1) is 24.9. The Kier molecular flexibility index (Phi) is 7.21. The predicted octanol–water partition coefficient (Wildman–Crippen LogP) is 4.19. The molecule has 0 radical (unpaired) electrons. The lowest BCUT2D eigenvalue weighted by atomic mass is 10.0. The number of aliphatic hydroxyl groups excluding tert-OH is 2. The van der Waals surface area contributed by atoms with Crippen LogP contribution in [0.25, 0.3) is 28.2 Å². The number of aliphatic hydroxyl groups is 2. The Bertz CT molecular complexity index is 1430. The van der Waals surface area contributed by atoms with E-state index in [2.05, 4.69) is 15.6 Å². The Labute approximate surface area is 216 Å². The lowest BCUT2D eigenvalue weighted by molar-refractivity contribution is 0.0950. The van der Waals surface area contributed by atoms with Gasteiger partial charge in [0.2, 0.25) is 0 Å². The van der Waals surface area contributed by atoms with Crippen LogP contribution in [0.3, 0.4) is 0 Å². The summed E-state index contributed by atoms with van der Waals surface area (Å²) >= 11 is 0. The first-order chi connectivity index (χ1) is 18.0. The minimum Gasteiger partial charge on any atom is -0.396 e. The third-order valence-corrected chi connectivity index (χ3v) is 6.87. The van der Waals surface area contributed by atoms with E-state index >= 15 is 0 Å². The third-order valence-electron chi connectivity index (χ3n) is 6.87. The molecule has 37 heavy (non-hydrogen) atoms. The molecule has 2 heterocycles. The highest BCUT2D eigenvalue weighted by Gasteiger charge is 2.24. The number of anilines is 1. The predicted molar refractivity (Wildman–Crippen MR) is 144 cm³/mol. The van der Waals surface area contributed by atoms with Gasteiger partial charge < -0.3 is 20.8 Å². The molecule has 1 amide bonds. The number of nitrogens with zero attached hydrogens (tertiary/aromatic N) is 3. The van der Waals surface area contributed by atoms with E-state index in [-0.39, 0.29) is 25.0 Å². The Morgan fingerprint density at radius 2 is 1.97 bits per heavy atom. The summed E-state index contributed by atoms with van der Waals surface area (Å²) in [6.45, 7) is 4.68. The lowest BCUT2D eigenvalue weighted by Gasteiger charge is -2.14. The number of amides is 1. The van der Waals surface area contributed by atoms with E-state index in [1.54, 1.807) is 6.20 Å². The molecule has 1 saturated carbocycles. The monoisotopic (exact) mass is 499 g/mol. The average Bonchev–Trinajstić information content (AvgIpc) is 3.62. The van der Waals surface area contributed by atoms with Crippen molar-refractivity contribution in [3.05, 3.63) is 71.4 Å². The van der Waals surface area contributed by atoms with Crippen LogP contribution >= 0.6 is 0 Å². The Morgan fingerprint density at radius 3 is 2.70 bits per heavy atom. The van der Waals surface area contributed by atoms with Crippen molar-refractivity contribution in [2.75, 3.05) is 18.5 Å². The topological polar surface area (TPSA) is 112 Å². The number of hydrogen-bond acceptors (Lipinski definition) is 6. The van der Waals surface area contributed by atoms with Gasteiger partial charge in [0.1, 0.15) is 0 Å². The minimum absolute atomic E-state index is 0.0330. The molecule has 1 aliphatic rings. The van der Waals surface area contributed by atoms with E-state index in [1.807, 2.05) is 66.9 Å². The highest BCUT2D eigenvalue weighted by atomic mass is 16.3.